The van der Waals surface area contributed by atoms with Gasteiger partial charge in [0.1, 0.15) is 11.9 Å². The quantitative estimate of drug-likeness (QED) is 0.639. The topological polar surface area (TPSA) is 90.7 Å². The van der Waals surface area contributed by atoms with Gasteiger partial charge in [-0.1, -0.05) is 17.7 Å². The van der Waals surface area contributed by atoms with Gasteiger partial charge in [0.05, 0.1) is 0 Å². The highest BCUT2D eigenvalue weighted by Gasteiger charge is 2.22. The molecule has 0 spiro atoms. The highest BCUT2D eigenvalue weighted by Crippen LogP contribution is 2.38. The molecule has 5 nitrogen and oxygen atoms in total. The molecule has 0 radical (unpaired) electrons. The zero-order valence-electron chi connectivity index (χ0n) is 13.9. The van der Waals surface area contributed by atoms with Crippen molar-refractivity contribution in [2.24, 2.45) is 16.5 Å². The van der Waals surface area contributed by atoms with Crippen LogP contribution in [0.25, 0.3) is 5.57 Å². The average molecular weight is 356 g/mol. The molecule has 2 aromatic rings. The van der Waals surface area contributed by atoms with Crippen LogP contribution in [0.5, 0.6) is 5.75 Å². The number of halogens is 1. The number of rotatable bonds is 2. The Morgan fingerprint density at radius 2 is 1.92 bits per heavy atom. The lowest BCUT2D eigenvalue weighted by Crippen LogP contribution is -2.24. The van der Waals surface area contributed by atoms with Crippen LogP contribution in [0.2, 0.25) is 5.02 Å². The van der Waals surface area contributed by atoms with Crippen LogP contribution in [-0.4, -0.2) is 18.0 Å². The Bertz CT molecular complexity index is 915. The number of benzene rings is 2. The summed E-state index contributed by atoms with van der Waals surface area (Å²) in [7, 11) is 0. The number of carbonyl (C=O) groups is 1. The van der Waals surface area contributed by atoms with E-state index in [-0.39, 0.29) is 12.1 Å². The van der Waals surface area contributed by atoms with Crippen LogP contribution in [0.4, 0.5) is 0 Å². The molecule has 1 heterocycles. The Morgan fingerprint density at radius 1 is 1.16 bits per heavy atom. The fraction of sp³-hybridized carbons (Fsp3) is 0.158. The predicted octanol–water partition coefficient (Wildman–Crippen LogP) is 3.27. The van der Waals surface area contributed by atoms with Crippen LogP contribution in [-0.2, 0) is 0 Å². The Hall–Kier alpha value is -2.79. The van der Waals surface area contributed by atoms with Crippen molar-refractivity contribution in [3.8, 4) is 5.75 Å². The number of hydrogen-bond acceptors (Lipinski definition) is 2. The van der Waals surface area contributed by atoms with Crippen molar-refractivity contribution in [1.82, 2.24) is 0 Å². The lowest BCUT2D eigenvalue weighted by atomic mass is 9.90. The van der Waals surface area contributed by atoms with E-state index in [2.05, 4.69) is 4.99 Å². The molecule has 2 aromatic carbocycles. The number of hydrogen-bond donors (Lipinski definition) is 2. The number of aryl methyl sites for hydroxylation is 1. The second kappa shape index (κ2) is 6.61. The van der Waals surface area contributed by atoms with Gasteiger partial charge in [0, 0.05) is 16.1 Å². The van der Waals surface area contributed by atoms with Crippen molar-refractivity contribution in [1.29, 1.82) is 0 Å². The van der Waals surface area contributed by atoms with Crippen molar-refractivity contribution >= 4 is 29.0 Å². The Kier molecular flexibility index (Phi) is 4.51. The van der Waals surface area contributed by atoms with Crippen LogP contribution in [0.3, 0.4) is 0 Å². The van der Waals surface area contributed by atoms with Gasteiger partial charge in [-0.05, 0) is 67.0 Å². The summed E-state index contributed by atoms with van der Waals surface area (Å²) >= 11 is 6.07. The van der Waals surface area contributed by atoms with Crippen molar-refractivity contribution in [2.45, 2.75) is 20.0 Å². The number of carbonyl (C=O) groups excluding carboxylic acids is 1. The number of guanidine groups is 1. The molecule has 4 N–H and O–H groups in total. The number of amides is 1. The molecule has 0 saturated carbocycles. The van der Waals surface area contributed by atoms with Gasteiger partial charge in [0.15, 0.2) is 5.96 Å². The van der Waals surface area contributed by atoms with Crippen LogP contribution in [0.1, 0.15) is 34.0 Å². The largest absolute Gasteiger partial charge is 0.486 e. The van der Waals surface area contributed by atoms with Crippen molar-refractivity contribution in [2.75, 3.05) is 0 Å². The van der Waals surface area contributed by atoms with E-state index in [4.69, 9.17) is 27.8 Å². The maximum absolute atomic E-state index is 12.1. The molecular weight excluding hydrogens is 338 g/mol. The first-order valence-electron chi connectivity index (χ1n) is 7.78. The Labute approximate surface area is 151 Å². The molecule has 1 aliphatic rings. The molecule has 1 aliphatic heterocycles. The zero-order valence-corrected chi connectivity index (χ0v) is 14.7. The molecule has 128 valence electrons. The lowest BCUT2D eigenvalue weighted by Gasteiger charge is -2.25. The normalized spacial score (nSPS) is 15.6. The summed E-state index contributed by atoms with van der Waals surface area (Å²) in [5.41, 5.74) is 14.9. The molecule has 1 atom stereocenters. The minimum atomic E-state index is -0.492. The van der Waals surface area contributed by atoms with E-state index in [0.29, 0.717) is 16.3 Å². The standard InChI is InChI=1S/C19H18ClN3O2/c1-10-7-13(20)4-5-14(10)15-8-11(2)25-17-6-3-12(9-16(15)17)18(24)23-19(21)22/h3-9,11H,1-2H3,(H4,21,22,23,24). The molecule has 0 fully saturated rings. The van der Waals surface area contributed by atoms with E-state index in [9.17, 15) is 4.79 Å². The van der Waals surface area contributed by atoms with Gasteiger partial charge in [-0.15, -0.1) is 0 Å². The van der Waals surface area contributed by atoms with Crippen molar-refractivity contribution in [3.63, 3.8) is 0 Å². The SMILES string of the molecule is Cc1cc(Cl)ccc1C1=CC(C)Oc2ccc(C(=O)N=C(N)N)cc21. The zero-order chi connectivity index (χ0) is 18.1. The van der Waals surface area contributed by atoms with E-state index in [0.717, 1.165) is 22.3 Å². The van der Waals surface area contributed by atoms with E-state index in [1.54, 1.807) is 18.2 Å². The number of nitrogens with zero attached hydrogens (tertiary/aromatic N) is 1. The fourth-order valence-corrected chi connectivity index (χ4v) is 3.11. The van der Waals surface area contributed by atoms with Gasteiger partial charge in [-0.3, -0.25) is 4.79 Å². The smallest absolute Gasteiger partial charge is 0.280 e. The summed E-state index contributed by atoms with van der Waals surface area (Å²) < 4.78 is 5.86. The summed E-state index contributed by atoms with van der Waals surface area (Å²) in [4.78, 5) is 15.7. The highest BCUT2D eigenvalue weighted by atomic mass is 35.5. The second-order valence-electron chi connectivity index (χ2n) is 5.92. The van der Waals surface area contributed by atoms with E-state index in [1.807, 2.05) is 38.1 Å². The summed E-state index contributed by atoms with van der Waals surface area (Å²) in [6, 6.07) is 10.9. The van der Waals surface area contributed by atoms with Crippen molar-refractivity contribution < 1.29 is 9.53 Å². The van der Waals surface area contributed by atoms with Gasteiger partial charge < -0.3 is 16.2 Å². The minimum Gasteiger partial charge on any atom is -0.486 e. The average Bonchev–Trinajstić information content (AvgIpc) is 2.53. The molecule has 0 aromatic heterocycles. The lowest BCUT2D eigenvalue weighted by molar-refractivity contribution is 0.100. The van der Waals surface area contributed by atoms with Crippen LogP contribution in [0, 0.1) is 6.92 Å². The first kappa shape index (κ1) is 17.0. The number of ether oxygens (including phenoxy) is 1. The van der Waals surface area contributed by atoms with Gasteiger partial charge in [0.25, 0.3) is 5.91 Å². The first-order chi connectivity index (χ1) is 11.8. The van der Waals surface area contributed by atoms with Crippen LogP contribution in [0.15, 0.2) is 47.5 Å². The second-order valence-corrected chi connectivity index (χ2v) is 6.35. The predicted molar refractivity (Wildman–Crippen MR) is 99.9 cm³/mol. The molecule has 0 saturated heterocycles. The van der Waals surface area contributed by atoms with Gasteiger partial charge >= 0.3 is 0 Å². The third-order valence-electron chi connectivity index (χ3n) is 3.94. The number of aliphatic imine (C=N–C) groups is 1. The summed E-state index contributed by atoms with van der Waals surface area (Å²) in [6.07, 6.45) is 1.93. The maximum atomic E-state index is 12.1. The fourth-order valence-electron chi connectivity index (χ4n) is 2.88. The molecule has 3 rings (SSSR count). The minimum absolute atomic E-state index is 0.0863. The first-order valence-corrected chi connectivity index (χ1v) is 8.16. The third-order valence-corrected chi connectivity index (χ3v) is 4.18. The summed E-state index contributed by atoms with van der Waals surface area (Å²) in [6.45, 7) is 3.96. The van der Waals surface area contributed by atoms with Gasteiger partial charge in [0.2, 0.25) is 0 Å². The molecule has 1 amide bonds. The van der Waals surface area contributed by atoms with E-state index >= 15 is 0 Å². The van der Waals surface area contributed by atoms with Gasteiger partial charge in [-0.25, -0.2) is 0 Å². The summed E-state index contributed by atoms with van der Waals surface area (Å²) in [5, 5.41) is 0.680. The molecule has 25 heavy (non-hydrogen) atoms. The summed E-state index contributed by atoms with van der Waals surface area (Å²) in [5.74, 6) is -0.0499. The van der Waals surface area contributed by atoms with Gasteiger partial charge in [-0.2, -0.15) is 4.99 Å². The molecule has 0 bridgehead atoms. The maximum Gasteiger partial charge on any atom is 0.280 e. The molecule has 1 unspecified atom stereocenters. The van der Waals surface area contributed by atoms with Crippen LogP contribution < -0.4 is 16.2 Å². The van der Waals surface area contributed by atoms with Crippen LogP contribution >= 0.6 is 11.6 Å². The van der Waals surface area contributed by atoms with E-state index in [1.165, 1.54) is 0 Å². The van der Waals surface area contributed by atoms with E-state index < -0.39 is 5.91 Å². The molecule has 0 aliphatic carbocycles. The molecular formula is C19H18ClN3O2. The highest BCUT2D eigenvalue weighted by molar-refractivity contribution is 6.30. The Morgan fingerprint density at radius 3 is 2.60 bits per heavy atom. The molecule has 6 heteroatoms. The number of nitrogens with two attached hydrogens (primary N) is 2. The third kappa shape index (κ3) is 3.51. The van der Waals surface area contributed by atoms with Crippen molar-refractivity contribution in [3.05, 3.63) is 69.8 Å². The number of fused-ring (bicyclic) bond motifs is 1. The monoisotopic (exact) mass is 355 g/mol. The Balaban J connectivity index is 2.13.